The maximum Gasteiger partial charge on any atom is 0.417 e. The van der Waals surface area contributed by atoms with Crippen LogP contribution in [0.25, 0.3) is 0 Å². The largest absolute Gasteiger partial charge is 0.464 e. The van der Waals surface area contributed by atoms with Crippen molar-refractivity contribution >= 4 is 46.6 Å². The lowest BCUT2D eigenvalue weighted by Crippen LogP contribution is -2.55. The Bertz CT molecular complexity index is 1550. The molecule has 1 aliphatic heterocycles. The molecule has 1 N–H and O–H groups in total. The topological polar surface area (TPSA) is 84.9 Å². The quantitative estimate of drug-likeness (QED) is 0.238. The number of benzene rings is 3. The predicted molar refractivity (Wildman–Crippen MR) is 179 cm³/mol. The van der Waals surface area contributed by atoms with Gasteiger partial charge in [-0.3, -0.25) is 9.88 Å². The van der Waals surface area contributed by atoms with Gasteiger partial charge in [-0.15, -0.1) is 0 Å². The zero-order chi connectivity index (χ0) is 32.3. The molecule has 9 heteroatoms. The lowest BCUT2D eigenvalue weighted by atomic mass is 9.80. The minimum atomic E-state index is -3.03. The maximum absolute atomic E-state index is 14.5. The summed E-state index contributed by atoms with van der Waals surface area (Å²) in [5.74, 6) is -1.34. The highest BCUT2D eigenvalue weighted by atomic mass is 32.4. The molecule has 0 saturated carbocycles. The van der Waals surface area contributed by atoms with E-state index < -0.39 is 35.3 Å². The summed E-state index contributed by atoms with van der Waals surface area (Å²) in [6.07, 6.45) is -2.23. The van der Waals surface area contributed by atoms with Crippen LogP contribution < -0.4 is 15.7 Å². The Hall–Kier alpha value is -3.58. The summed E-state index contributed by atoms with van der Waals surface area (Å²) >= 11 is 6.55. The van der Waals surface area contributed by atoms with Crippen molar-refractivity contribution in [1.29, 1.82) is 0 Å². The second kappa shape index (κ2) is 12.8. The van der Waals surface area contributed by atoms with Crippen LogP contribution in [0.4, 0.5) is 4.79 Å². The highest BCUT2D eigenvalue weighted by Crippen LogP contribution is 2.48. The Kier molecular flexibility index (Phi) is 9.69. The van der Waals surface area contributed by atoms with Gasteiger partial charge in [0.15, 0.2) is 5.54 Å². The van der Waals surface area contributed by atoms with E-state index in [9.17, 15) is 14.4 Å². The zero-order valence-corrected chi connectivity index (χ0v) is 28.1. The minimum Gasteiger partial charge on any atom is -0.464 e. The molecule has 7 nitrogen and oxygen atoms in total. The molecule has 3 aromatic rings. The van der Waals surface area contributed by atoms with Crippen LogP contribution in [-0.4, -0.2) is 41.6 Å². The SMILES string of the molecule is CCOC(=O)C(NP(=S)(c1ccccc1)c1ccccc1)(C1=CCN(C(=O)OC(C)(C)C)C1=O)c1ccc(C(C)(C)C)cc1. The van der Waals surface area contributed by atoms with Crippen molar-refractivity contribution in [3.63, 3.8) is 0 Å². The van der Waals surface area contributed by atoms with Gasteiger partial charge >= 0.3 is 12.1 Å². The molecule has 1 atom stereocenters. The summed E-state index contributed by atoms with van der Waals surface area (Å²) in [5, 5.41) is 5.20. The summed E-state index contributed by atoms with van der Waals surface area (Å²) in [6, 6.07) is 26.7. The van der Waals surface area contributed by atoms with Crippen molar-refractivity contribution in [2.45, 2.75) is 65.0 Å². The third-order valence-electron chi connectivity index (χ3n) is 7.30. The smallest absolute Gasteiger partial charge is 0.417 e. The molecule has 1 unspecified atom stereocenters. The summed E-state index contributed by atoms with van der Waals surface area (Å²) in [7, 11) is 0. The molecule has 0 bridgehead atoms. The first-order valence-electron chi connectivity index (χ1n) is 14.7. The van der Waals surface area contributed by atoms with E-state index in [1.54, 1.807) is 33.8 Å². The molecule has 0 spiro atoms. The molecule has 44 heavy (non-hydrogen) atoms. The van der Waals surface area contributed by atoms with E-state index in [2.05, 4.69) is 25.9 Å². The highest BCUT2D eigenvalue weighted by molar-refractivity contribution is 8.21. The first-order chi connectivity index (χ1) is 20.6. The number of carbonyl (C=O) groups excluding carboxylic acids is 3. The molecular formula is C35H41N2O5PS. The van der Waals surface area contributed by atoms with Crippen LogP contribution >= 0.6 is 6.19 Å². The van der Waals surface area contributed by atoms with Gasteiger partial charge in [0, 0.05) is 10.6 Å². The lowest BCUT2D eigenvalue weighted by molar-refractivity contribution is -0.150. The van der Waals surface area contributed by atoms with Crippen molar-refractivity contribution in [3.8, 4) is 0 Å². The Morgan fingerprint density at radius 2 is 1.34 bits per heavy atom. The first kappa shape index (κ1) is 33.3. The van der Waals surface area contributed by atoms with Crippen LogP contribution in [0, 0.1) is 0 Å². The number of nitrogens with zero attached hydrogens (tertiary/aromatic N) is 1. The van der Waals surface area contributed by atoms with Gasteiger partial charge in [0.1, 0.15) is 5.60 Å². The fourth-order valence-corrected chi connectivity index (χ4v) is 8.78. The van der Waals surface area contributed by atoms with Crippen LogP contribution in [0.2, 0.25) is 0 Å². The number of esters is 1. The fourth-order valence-electron chi connectivity index (χ4n) is 5.09. The number of hydrogen-bond donors (Lipinski definition) is 1. The van der Waals surface area contributed by atoms with Crippen molar-refractivity contribution in [1.82, 2.24) is 9.99 Å². The van der Waals surface area contributed by atoms with E-state index in [-0.39, 0.29) is 24.1 Å². The normalized spacial score (nSPS) is 15.4. The van der Waals surface area contributed by atoms with Gasteiger partial charge < -0.3 is 9.47 Å². The van der Waals surface area contributed by atoms with Gasteiger partial charge in [0.2, 0.25) is 0 Å². The number of ether oxygens (including phenoxy) is 2. The van der Waals surface area contributed by atoms with Crippen LogP contribution in [0.3, 0.4) is 0 Å². The summed E-state index contributed by atoms with van der Waals surface area (Å²) in [6.45, 7) is 13.2. The molecule has 232 valence electrons. The van der Waals surface area contributed by atoms with Crippen molar-refractivity contribution < 1.29 is 23.9 Å². The van der Waals surface area contributed by atoms with Gasteiger partial charge in [0.05, 0.1) is 24.9 Å². The van der Waals surface area contributed by atoms with E-state index in [1.165, 1.54) is 0 Å². The number of carbonyl (C=O) groups is 3. The van der Waals surface area contributed by atoms with Crippen molar-refractivity contribution in [2.24, 2.45) is 0 Å². The molecule has 2 amide bonds. The standard InChI is InChI=1S/C35H41N2O5PS/c1-8-41-31(39)35(26-21-19-25(20-22-26)33(2,3)4,29-23-24-37(30(29)38)32(40)42-34(5,6)7)36-43(44,27-15-11-9-12-16-27)28-17-13-10-14-18-28/h9-23H,8,24H2,1-7H3,(H,36,44). The second-order valence-electron chi connectivity index (χ2n) is 12.7. The van der Waals surface area contributed by atoms with Crippen molar-refractivity contribution in [3.05, 3.63) is 108 Å². The molecule has 0 aliphatic carbocycles. The van der Waals surface area contributed by atoms with E-state index >= 15 is 0 Å². The molecule has 0 radical (unpaired) electrons. The average molecular weight is 633 g/mol. The van der Waals surface area contributed by atoms with Gasteiger partial charge in [-0.05, 0) is 44.2 Å². The molecule has 3 aromatic carbocycles. The van der Waals surface area contributed by atoms with E-state index in [0.717, 1.165) is 21.1 Å². The molecule has 0 saturated heterocycles. The fraction of sp³-hybridized carbons (Fsp3) is 0.343. The molecular weight excluding hydrogens is 591 g/mol. The average Bonchev–Trinajstić information content (AvgIpc) is 3.37. The van der Waals surface area contributed by atoms with Crippen LogP contribution in [0.15, 0.2) is 96.6 Å². The molecule has 4 rings (SSSR count). The number of amides is 2. The Balaban J connectivity index is 2.00. The summed E-state index contributed by atoms with van der Waals surface area (Å²) in [4.78, 5) is 42.9. The van der Waals surface area contributed by atoms with Gasteiger partial charge in [-0.1, -0.05) is 124 Å². The number of nitrogens with one attached hydrogen (secondary N) is 1. The Morgan fingerprint density at radius 1 is 0.841 bits per heavy atom. The second-order valence-corrected chi connectivity index (χ2v) is 16.8. The van der Waals surface area contributed by atoms with Gasteiger partial charge in [-0.2, -0.15) is 0 Å². The molecule has 0 fully saturated rings. The molecule has 0 aromatic heterocycles. The third-order valence-corrected chi connectivity index (χ3v) is 11.5. The zero-order valence-electron chi connectivity index (χ0n) is 26.4. The Labute approximate surface area is 265 Å². The van der Waals surface area contributed by atoms with E-state index in [0.29, 0.717) is 5.56 Å². The van der Waals surface area contributed by atoms with Gasteiger partial charge in [-0.25, -0.2) is 14.5 Å². The summed E-state index contributed by atoms with van der Waals surface area (Å²) in [5.41, 5.74) is -1.23. The third kappa shape index (κ3) is 6.73. The van der Waals surface area contributed by atoms with E-state index in [1.807, 2.05) is 84.9 Å². The van der Waals surface area contributed by atoms with E-state index in [4.69, 9.17) is 21.3 Å². The van der Waals surface area contributed by atoms with Crippen LogP contribution in [0.1, 0.15) is 59.6 Å². The van der Waals surface area contributed by atoms with Gasteiger partial charge in [0.25, 0.3) is 5.91 Å². The number of imide groups is 1. The lowest BCUT2D eigenvalue weighted by Gasteiger charge is -2.39. The monoisotopic (exact) mass is 632 g/mol. The van der Waals surface area contributed by atoms with Crippen LogP contribution in [-0.2, 0) is 41.8 Å². The van der Waals surface area contributed by atoms with Crippen LogP contribution in [0.5, 0.6) is 0 Å². The predicted octanol–water partition coefficient (Wildman–Crippen LogP) is 6.08. The minimum absolute atomic E-state index is 0.0615. The molecule has 1 heterocycles. The highest BCUT2D eigenvalue weighted by Gasteiger charge is 2.54. The molecule has 1 aliphatic rings. The Morgan fingerprint density at radius 3 is 1.80 bits per heavy atom. The maximum atomic E-state index is 14.5. The first-order valence-corrected chi connectivity index (χ1v) is 17.5. The number of rotatable bonds is 8. The van der Waals surface area contributed by atoms with Crippen molar-refractivity contribution in [2.75, 3.05) is 13.2 Å². The number of hydrogen-bond acceptors (Lipinski definition) is 6. The summed E-state index contributed by atoms with van der Waals surface area (Å²) < 4.78 is 11.3.